The van der Waals surface area contributed by atoms with Gasteiger partial charge in [0.15, 0.2) is 11.6 Å². The summed E-state index contributed by atoms with van der Waals surface area (Å²) >= 11 is 0. The minimum atomic E-state index is -0.313. The molecule has 8 heteroatoms. The van der Waals surface area contributed by atoms with Crippen LogP contribution < -0.4 is 20.3 Å². The quantitative estimate of drug-likeness (QED) is 0.621. The van der Waals surface area contributed by atoms with Crippen molar-refractivity contribution in [2.45, 2.75) is 44.8 Å². The van der Waals surface area contributed by atoms with Gasteiger partial charge in [0, 0.05) is 25.7 Å². The van der Waals surface area contributed by atoms with Gasteiger partial charge in [0.05, 0.1) is 37.4 Å². The Kier molecular flexibility index (Phi) is 7.09. The van der Waals surface area contributed by atoms with Crippen molar-refractivity contribution in [1.82, 2.24) is 10.3 Å². The smallest absolute Gasteiger partial charge is 0.227 e. The highest BCUT2D eigenvalue weighted by Crippen LogP contribution is 2.29. The molecule has 2 aliphatic heterocycles. The summed E-state index contributed by atoms with van der Waals surface area (Å²) in [5, 5.41) is 6.03. The summed E-state index contributed by atoms with van der Waals surface area (Å²) in [6.07, 6.45) is 3.32. The molecule has 1 aromatic heterocycles. The van der Waals surface area contributed by atoms with Crippen LogP contribution in [0.2, 0.25) is 0 Å². The van der Waals surface area contributed by atoms with Crippen molar-refractivity contribution in [3.05, 3.63) is 47.9 Å². The number of benzene rings is 1. The molecule has 1 unspecified atom stereocenters. The number of carbonyl (C=O) groups is 1. The fraction of sp³-hybridized carbons (Fsp3) is 0.500. The Hall–Kier alpha value is -2.87. The number of aromatic nitrogens is 1. The molecule has 7 nitrogen and oxygen atoms in total. The Morgan fingerprint density at radius 2 is 2.09 bits per heavy atom. The molecule has 0 bridgehead atoms. The Morgan fingerprint density at radius 1 is 1.31 bits per heavy atom. The average molecular weight is 443 g/mol. The second kappa shape index (κ2) is 10.2. The lowest BCUT2D eigenvalue weighted by atomic mass is 9.99. The zero-order chi connectivity index (χ0) is 22.5. The topological polar surface area (TPSA) is 75.7 Å². The molecule has 4 rings (SSSR count). The molecule has 2 atom stereocenters. The molecular formula is C24H31FN4O3. The molecule has 0 aliphatic carbocycles. The first kappa shape index (κ1) is 22.3. The third-order valence-corrected chi connectivity index (χ3v) is 5.96. The zero-order valence-electron chi connectivity index (χ0n) is 18.6. The van der Waals surface area contributed by atoms with Crippen LogP contribution >= 0.6 is 0 Å². The van der Waals surface area contributed by atoms with Crippen LogP contribution in [0.5, 0.6) is 5.75 Å². The number of nitrogens with zero attached hydrogens (tertiary/aromatic N) is 2. The van der Waals surface area contributed by atoms with Crippen molar-refractivity contribution in [3.8, 4) is 5.75 Å². The van der Waals surface area contributed by atoms with E-state index in [4.69, 9.17) is 9.47 Å². The van der Waals surface area contributed by atoms with E-state index in [1.807, 2.05) is 43.0 Å². The highest BCUT2D eigenvalue weighted by atomic mass is 19.1. The summed E-state index contributed by atoms with van der Waals surface area (Å²) in [6.45, 7) is 7.12. The molecule has 2 saturated heterocycles. The van der Waals surface area contributed by atoms with Gasteiger partial charge in [-0.3, -0.25) is 4.79 Å². The number of rotatable bonds is 9. The Balaban J connectivity index is 1.32. The van der Waals surface area contributed by atoms with E-state index in [1.165, 1.54) is 0 Å². The van der Waals surface area contributed by atoms with Gasteiger partial charge >= 0.3 is 0 Å². The van der Waals surface area contributed by atoms with E-state index in [9.17, 15) is 9.18 Å². The number of pyridine rings is 1. The minimum Gasteiger partial charge on any atom is -0.489 e. The van der Waals surface area contributed by atoms with E-state index in [0.29, 0.717) is 37.8 Å². The number of hydrogen-bond donors (Lipinski definition) is 2. The summed E-state index contributed by atoms with van der Waals surface area (Å²) < 4.78 is 26.1. The Bertz CT molecular complexity index is 920. The normalized spacial score (nSPS) is 19.3. The average Bonchev–Trinajstić information content (AvgIpc) is 3.23. The number of ether oxygens (including phenoxy) is 2. The van der Waals surface area contributed by atoms with Gasteiger partial charge < -0.3 is 25.0 Å². The van der Waals surface area contributed by atoms with Crippen LogP contribution in [0.25, 0.3) is 0 Å². The van der Waals surface area contributed by atoms with E-state index in [1.54, 1.807) is 12.3 Å². The predicted molar refractivity (Wildman–Crippen MR) is 122 cm³/mol. The Morgan fingerprint density at radius 3 is 2.78 bits per heavy atom. The summed E-state index contributed by atoms with van der Waals surface area (Å²) in [6, 6.07) is 9.49. The highest BCUT2D eigenvalue weighted by Gasteiger charge is 2.27. The van der Waals surface area contributed by atoms with Gasteiger partial charge in [-0.05, 0) is 37.1 Å². The number of halogens is 1. The van der Waals surface area contributed by atoms with Gasteiger partial charge in [-0.15, -0.1) is 0 Å². The van der Waals surface area contributed by atoms with E-state index in [0.717, 1.165) is 30.7 Å². The van der Waals surface area contributed by atoms with Crippen LogP contribution in [0, 0.1) is 5.82 Å². The van der Waals surface area contributed by atoms with Gasteiger partial charge in [0.25, 0.3) is 0 Å². The summed E-state index contributed by atoms with van der Waals surface area (Å²) in [5.74, 6) is 0.502. The molecule has 0 spiro atoms. The summed E-state index contributed by atoms with van der Waals surface area (Å²) in [7, 11) is 0. The fourth-order valence-corrected chi connectivity index (χ4v) is 3.91. The SMILES string of the molecule is CCCNc1nccc(N2CC[C@@H](Oc3ccc(C(C)C(=O)NC4COC4)cc3)C2)c1F. The monoisotopic (exact) mass is 442 g/mol. The lowest BCUT2D eigenvalue weighted by Crippen LogP contribution is -2.49. The first-order valence-electron chi connectivity index (χ1n) is 11.3. The van der Waals surface area contributed by atoms with E-state index in [2.05, 4.69) is 15.6 Å². The second-order valence-electron chi connectivity index (χ2n) is 8.43. The van der Waals surface area contributed by atoms with Crippen LogP contribution in [-0.4, -0.2) is 55.9 Å². The molecule has 2 fully saturated rings. The molecule has 1 aromatic carbocycles. The number of nitrogens with one attached hydrogen (secondary N) is 2. The third-order valence-electron chi connectivity index (χ3n) is 5.96. The zero-order valence-corrected chi connectivity index (χ0v) is 18.6. The standard InChI is InChI=1S/C24H31FN4O3/c1-3-10-26-23-22(25)21(8-11-27-23)29-12-9-20(13-29)32-19-6-4-17(5-7-19)16(2)24(30)28-18-14-31-15-18/h4-8,11,16,18,20H,3,9-10,12-15H2,1-2H3,(H,26,27)(H,28,30)/t16?,20-/m1/s1. The van der Waals surface area contributed by atoms with Gasteiger partial charge in [0.2, 0.25) is 5.91 Å². The van der Waals surface area contributed by atoms with Gasteiger partial charge in [-0.25, -0.2) is 9.37 Å². The molecule has 0 radical (unpaired) electrons. The van der Waals surface area contributed by atoms with Crippen LogP contribution in [0.15, 0.2) is 36.5 Å². The van der Waals surface area contributed by atoms with Gasteiger partial charge in [-0.2, -0.15) is 0 Å². The molecule has 172 valence electrons. The van der Waals surface area contributed by atoms with Crippen molar-refractivity contribution in [1.29, 1.82) is 0 Å². The molecule has 0 saturated carbocycles. The first-order chi connectivity index (χ1) is 15.5. The van der Waals surface area contributed by atoms with E-state index < -0.39 is 0 Å². The maximum atomic E-state index is 14.8. The summed E-state index contributed by atoms with van der Waals surface area (Å²) in [5.41, 5.74) is 1.49. The molecule has 3 heterocycles. The molecular weight excluding hydrogens is 411 g/mol. The summed E-state index contributed by atoms with van der Waals surface area (Å²) in [4.78, 5) is 18.5. The van der Waals surface area contributed by atoms with Crippen LogP contribution in [-0.2, 0) is 9.53 Å². The largest absolute Gasteiger partial charge is 0.489 e. The van der Waals surface area contributed by atoms with Crippen molar-refractivity contribution in [3.63, 3.8) is 0 Å². The van der Waals surface area contributed by atoms with Crippen LogP contribution in [0.1, 0.15) is 38.2 Å². The van der Waals surface area contributed by atoms with E-state index >= 15 is 0 Å². The van der Waals surface area contributed by atoms with Crippen molar-refractivity contribution < 1.29 is 18.7 Å². The molecule has 2 N–H and O–H groups in total. The number of anilines is 2. The lowest BCUT2D eigenvalue weighted by Gasteiger charge is -2.28. The third kappa shape index (κ3) is 5.12. The lowest BCUT2D eigenvalue weighted by molar-refractivity contribution is -0.126. The molecule has 1 amide bonds. The highest BCUT2D eigenvalue weighted by molar-refractivity contribution is 5.83. The molecule has 2 aliphatic rings. The number of amides is 1. The first-order valence-corrected chi connectivity index (χ1v) is 11.3. The van der Waals surface area contributed by atoms with Gasteiger partial charge in [-0.1, -0.05) is 19.1 Å². The van der Waals surface area contributed by atoms with Crippen molar-refractivity contribution in [2.75, 3.05) is 43.1 Å². The second-order valence-corrected chi connectivity index (χ2v) is 8.43. The van der Waals surface area contributed by atoms with E-state index in [-0.39, 0.29) is 29.8 Å². The maximum absolute atomic E-state index is 14.8. The van der Waals surface area contributed by atoms with Gasteiger partial charge in [0.1, 0.15) is 11.9 Å². The number of carbonyl (C=O) groups excluding carboxylic acids is 1. The van der Waals surface area contributed by atoms with Crippen LogP contribution in [0.4, 0.5) is 15.9 Å². The molecule has 32 heavy (non-hydrogen) atoms. The Labute approximate surface area is 188 Å². The van der Waals surface area contributed by atoms with Crippen molar-refractivity contribution in [2.24, 2.45) is 0 Å². The number of hydrogen-bond acceptors (Lipinski definition) is 6. The maximum Gasteiger partial charge on any atom is 0.227 e. The molecule has 2 aromatic rings. The van der Waals surface area contributed by atoms with Crippen LogP contribution in [0.3, 0.4) is 0 Å². The predicted octanol–water partition coefficient (Wildman–Crippen LogP) is 3.32. The van der Waals surface area contributed by atoms with Crippen molar-refractivity contribution >= 4 is 17.4 Å². The minimum absolute atomic E-state index is 0.00516. The fourth-order valence-electron chi connectivity index (χ4n) is 3.91.